The molecule has 0 aliphatic rings. The maximum absolute atomic E-state index is 13.6. The molecule has 0 heterocycles. The summed E-state index contributed by atoms with van der Waals surface area (Å²) in [5.41, 5.74) is -0.360. The Morgan fingerprint density at radius 1 is 1.05 bits per heavy atom. The van der Waals surface area contributed by atoms with Crippen LogP contribution >= 0.6 is 0 Å². The summed E-state index contributed by atoms with van der Waals surface area (Å²) in [6, 6.07) is 7.89. The van der Waals surface area contributed by atoms with Crippen LogP contribution in [-0.2, 0) is 0 Å². The van der Waals surface area contributed by atoms with E-state index < -0.39 is 23.1 Å². The van der Waals surface area contributed by atoms with Gasteiger partial charge in [-0.15, -0.1) is 0 Å². The summed E-state index contributed by atoms with van der Waals surface area (Å²) in [6.45, 7) is 0. The number of anilines is 1. The van der Waals surface area contributed by atoms with E-state index in [0.717, 1.165) is 12.1 Å². The Bertz CT molecular complexity index is 654. The Balaban J connectivity index is 2.32. The molecule has 0 radical (unpaired) electrons. The van der Waals surface area contributed by atoms with E-state index in [2.05, 4.69) is 5.32 Å². The van der Waals surface area contributed by atoms with Crippen molar-refractivity contribution in [3.05, 3.63) is 53.6 Å². The van der Waals surface area contributed by atoms with E-state index in [-0.39, 0.29) is 5.69 Å². The molecule has 0 saturated heterocycles. The maximum Gasteiger partial charge on any atom is 0.261 e. The van der Waals surface area contributed by atoms with Crippen LogP contribution in [0, 0.1) is 11.6 Å². The van der Waals surface area contributed by atoms with Crippen molar-refractivity contribution in [1.82, 2.24) is 0 Å². The minimum absolute atomic E-state index is 0.283. The van der Waals surface area contributed by atoms with Crippen molar-refractivity contribution in [2.75, 3.05) is 19.5 Å². The van der Waals surface area contributed by atoms with Crippen molar-refractivity contribution in [2.24, 2.45) is 0 Å². The Hall–Kier alpha value is -2.63. The number of methoxy groups -OCH3 is 2. The minimum Gasteiger partial charge on any atom is -0.497 e. The molecule has 4 nitrogen and oxygen atoms in total. The molecule has 2 aromatic carbocycles. The average molecular weight is 293 g/mol. The van der Waals surface area contributed by atoms with Crippen molar-refractivity contribution in [1.29, 1.82) is 0 Å². The highest BCUT2D eigenvalue weighted by Gasteiger charge is 2.18. The van der Waals surface area contributed by atoms with Gasteiger partial charge in [0.15, 0.2) is 0 Å². The van der Waals surface area contributed by atoms with E-state index in [0.29, 0.717) is 11.5 Å². The first-order valence-electron chi connectivity index (χ1n) is 6.04. The Morgan fingerprint density at radius 2 is 1.71 bits per heavy atom. The molecule has 21 heavy (non-hydrogen) atoms. The maximum atomic E-state index is 13.6. The monoisotopic (exact) mass is 293 g/mol. The Labute approximate surface area is 120 Å². The molecule has 6 heteroatoms. The van der Waals surface area contributed by atoms with Gasteiger partial charge < -0.3 is 14.8 Å². The smallest absolute Gasteiger partial charge is 0.261 e. The van der Waals surface area contributed by atoms with Crippen LogP contribution in [0.15, 0.2) is 36.4 Å². The fourth-order valence-corrected chi connectivity index (χ4v) is 1.80. The van der Waals surface area contributed by atoms with E-state index in [1.165, 1.54) is 26.4 Å². The quantitative estimate of drug-likeness (QED) is 0.941. The number of carbonyl (C=O) groups is 1. The van der Waals surface area contributed by atoms with Gasteiger partial charge in [0.2, 0.25) is 0 Å². The second-order valence-electron chi connectivity index (χ2n) is 4.12. The zero-order valence-electron chi connectivity index (χ0n) is 11.4. The minimum atomic E-state index is -0.931. The second kappa shape index (κ2) is 6.21. The number of amides is 1. The number of halogens is 2. The third-order valence-electron chi connectivity index (χ3n) is 2.85. The third kappa shape index (κ3) is 3.10. The van der Waals surface area contributed by atoms with Crippen LogP contribution in [0.1, 0.15) is 10.4 Å². The van der Waals surface area contributed by atoms with E-state index >= 15 is 0 Å². The number of carbonyl (C=O) groups excluding carboxylic acids is 1. The van der Waals surface area contributed by atoms with Crippen molar-refractivity contribution < 1.29 is 23.0 Å². The van der Waals surface area contributed by atoms with Crippen LogP contribution in [-0.4, -0.2) is 20.1 Å². The highest BCUT2D eigenvalue weighted by molar-refractivity contribution is 6.05. The van der Waals surface area contributed by atoms with Gasteiger partial charge in [-0.3, -0.25) is 4.79 Å². The highest BCUT2D eigenvalue weighted by Crippen LogP contribution is 2.29. The summed E-state index contributed by atoms with van der Waals surface area (Å²) in [7, 11) is 2.90. The molecule has 0 atom stereocenters. The number of rotatable bonds is 4. The zero-order chi connectivity index (χ0) is 15.4. The van der Waals surface area contributed by atoms with Gasteiger partial charge in [-0.2, -0.15) is 0 Å². The lowest BCUT2D eigenvalue weighted by Crippen LogP contribution is -2.16. The lowest BCUT2D eigenvalue weighted by Gasteiger charge is -2.12. The fourth-order valence-electron chi connectivity index (χ4n) is 1.80. The van der Waals surface area contributed by atoms with Crippen molar-refractivity contribution in [3.8, 4) is 11.5 Å². The second-order valence-corrected chi connectivity index (χ2v) is 4.12. The van der Waals surface area contributed by atoms with Crippen LogP contribution in [0.25, 0.3) is 0 Å². The third-order valence-corrected chi connectivity index (χ3v) is 2.85. The molecule has 0 spiro atoms. The first kappa shape index (κ1) is 14.8. The van der Waals surface area contributed by atoms with E-state index in [1.807, 2.05) is 0 Å². The summed E-state index contributed by atoms with van der Waals surface area (Å²) in [4.78, 5) is 12.0. The average Bonchev–Trinajstić information content (AvgIpc) is 2.47. The first-order chi connectivity index (χ1) is 10.1. The summed E-state index contributed by atoms with van der Waals surface area (Å²) in [5.74, 6) is -1.91. The highest BCUT2D eigenvalue weighted by atomic mass is 19.1. The van der Waals surface area contributed by atoms with Gasteiger partial charge in [-0.1, -0.05) is 6.07 Å². The number of nitrogens with one attached hydrogen (secondary N) is 1. The van der Waals surface area contributed by atoms with Crippen LogP contribution in [0.3, 0.4) is 0 Å². The van der Waals surface area contributed by atoms with Gasteiger partial charge in [0.25, 0.3) is 5.91 Å². The van der Waals surface area contributed by atoms with E-state index in [1.54, 1.807) is 12.1 Å². The Morgan fingerprint density at radius 3 is 2.29 bits per heavy atom. The number of hydrogen-bond acceptors (Lipinski definition) is 3. The van der Waals surface area contributed by atoms with Gasteiger partial charge in [0, 0.05) is 6.07 Å². The van der Waals surface area contributed by atoms with Crippen LogP contribution in [0.5, 0.6) is 11.5 Å². The number of hydrogen-bond donors (Lipinski definition) is 1. The van der Waals surface area contributed by atoms with Crippen molar-refractivity contribution >= 4 is 11.6 Å². The first-order valence-corrected chi connectivity index (χ1v) is 6.04. The molecule has 0 aliphatic carbocycles. The van der Waals surface area contributed by atoms with Gasteiger partial charge in [0.05, 0.1) is 19.9 Å². The molecule has 0 bridgehead atoms. The van der Waals surface area contributed by atoms with Gasteiger partial charge in [-0.05, 0) is 24.3 Å². The molecule has 2 rings (SSSR count). The summed E-state index contributed by atoms with van der Waals surface area (Å²) in [5, 5.41) is 2.41. The fraction of sp³-hybridized carbons (Fsp3) is 0.133. The molecule has 2 aromatic rings. The molecule has 0 unspecified atom stereocenters. The molecule has 0 aromatic heterocycles. The predicted octanol–water partition coefficient (Wildman–Crippen LogP) is 3.23. The zero-order valence-corrected chi connectivity index (χ0v) is 11.4. The normalized spacial score (nSPS) is 10.1. The van der Waals surface area contributed by atoms with Gasteiger partial charge in [-0.25, -0.2) is 8.78 Å². The SMILES string of the molecule is COc1ccc(NC(=O)c2c(F)cccc2F)c(OC)c1. The molecular weight excluding hydrogens is 280 g/mol. The largest absolute Gasteiger partial charge is 0.497 e. The van der Waals surface area contributed by atoms with Gasteiger partial charge >= 0.3 is 0 Å². The topological polar surface area (TPSA) is 47.6 Å². The molecule has 110 valence electrons. The van der Waals surface area contributed by atoms with E-state index in [4.69, 9.17) is 9.47 Å². The predicted molar refractivity (Wildman–Crippen MR) is 73.9 cm³/mol. The lowest BCUT2D eigenvalue weighted by molar-refractivity contribution is 0.101. The van der Waals surface area contributed by atoms with Crippen LogP contribution in [0.4, 0.5) is 14.5 Å². The summed E-state index contributed by atoms with van der Waals surface area (Å²) < 4.78 is 37.2. The van der Waals surface area contributed by atoms with Crippen LogP contribution < -0.4 is 14.8 Å². The number of benzene rings is 2. The molecular formula is C15H13F2NO3. The van der Waals surface area contributed by atoms with E-state index in [9.17, 15) is 13.6 Å². The van der Waals surface area contributed by atoms with Crippen molar-refractivity contribution in [3.63, 3.8) is 0 Å². The summed E-state index contributed by atoms with van der Waals surface area (Å²) in [6.07, 6.45) is 0. The molecule has 0 aliphatic heterocycles. The molecule has 0 fully saturated rings. The Kier molecular flexibility index (Phi) is 4.37. The standard InChI is InChI=1S/C15H13F2NO3/c1-20-9-6-7-12(13(8-9)21-2)18-15(19)14-10(16)4-3-5-11(14)17/h3-8H,1-2H3,(H,18,19). The van der Waals surface area contributed by atoms with Crippen molar-refractivity contribution in [2.45, 2.75) is 0 Å². The molecule has 0 saturated carbocycles. The lowest BCUT2D eigenvalue weighted by atomic mass is 10.1. The molecule has 1 N–H and O–H groups in total. The number of ether oxygens (including phenoxy) is 2. The van der Waals surface area contributed by atoms with Crippen LogP contribution in [0.2, 0.25) is 0 Å². The summed E-state index contributed by atoms with van der Waals surface area (Å²) >= 11 is 0. The molecule has 1 amide bonds. The van der Waals surface area contributed by atoms with Gasteiger partial charge in [0.1, 0.15) is 28.7 Å².